The summed E-state index contributed by atoms with van der Waals surface area (Å²) in [6, 6.07) is -0.537. The smallest absolute Gasteiger partial charge is 0.305 e. The molecule has 0 aliphatic heterocycles. The lowest BCUT2D eigenvalue weighted by Crippen LogP contribution is -2.45. The number of unbranched alkanes of at least 4 members (excludes halogenated alkanes) is 72. The fraction of sp³-hybridized carbons (Fsp3) is 0.977. The lowest BCUT2D eigenvalue weighted by Gasteiger charge is -2.22. The highest BCUT2D eigenvalue weighted by molar-refractivity contribution is 5.76. The molecule has 0 saturated carbocycles. The van der Waals surface area contributed by atoms with E-state index in [1.807, 2.05) is 0 Å². The predicted octanol–water partition coefficient (Wildman–Crippen LogP) is 28.8. The first kappa shape index (κ1) is 90.9. The van der Waals surface area contributed by atoms with Gasteiger partial charge in [0, 0.05) is 12.8 Å². The van der Waals surface area contributed by atoms with E-state index in [0.29, 0.717) is 25.9 Å². The maximum atomic E-state index is 12.6. The molecule has 0 saturated heterocycles. The minimum atomic E-state index is -0.661. The molecule has 0 aromatic heterocycles. The quantitative estimate of drug-likeness (QED) is 0.0417. The van der Waals surface area contributed by atoms with Crippen molar-refractivity contribution in [2.24, 2.45) is 0 Å². The minimum Gasteiger partial charge on any atom is -0.466 e. The molecule has 0 rings (SSSR count). The van der Waals surface area contributed by atoms with Crippen LogP contribution in [0.25, 0.3) is 0 Å². The van der Waals surface area contributed by atoms with Crippen LogP contribution in [0.2, 0.25) is 0 Å². The Morgan fingerprint density at radius 2 is 0.446 bits per heavy atom. The van der Waals surface area contributed by atoms with Crippen LogP contribution in [0.3, 0.4) is 0 Å². The molecule has 550 valence electrons. The van der Waals surface area contributed by atoms with Crippen molar-refractivity contribution < 1.29 is 24.5 Å². The highest BCUT2D eigenvalue weighted by atomic mass is 16.5. The van der Waals surface area contributed by atoms with Gasteiger partial charge < -0.3 is 20.3 Å². The Balaban J connectivity index is 3.29. The van der Waals surface area contributed by atoms with E-state index in [1.165, 1.54) is 443 Å². The van der Waals surface area contributed by atoms with Gasteiger partial charge in [-0.15, -0.1) is 0 Å². The Kier molecular flexibility index (Phi) is 81.3. The van der Waals surface area contributed by atoms with Gasteiger partial charge in [-0.05, 0) is 25.7 Å². The Morgan fingerprint density at radius 3 is 0.663 bits per heavy atom. The summed E-state index contributed by atoms with van der Waals surface area (Å²) >= 11 is 0. The molecule has 6 heteroatoms. The average Bonchev–Trinajstić information content (AvgIpc) is 3.66. The van der Waals surface area contributed by atoms with Crippen LogP contribution in [0.15, 0.2) is 0 Å². The van der Waals surface area contributed by atoms with Crippen LogP contribution in [-0.2, 0) is 14.3 Å². The molecule has 0 heterocycles. The van der Waals surface area contributed by atoms with Gasteiger partial charge in [-0.3, -0.25) is 9.59 Å². The molecule has 3 N–H and O–H groups in total. The van der Waals surface area contributed by atoms with Crippen LogP contribution in [0.4, 0.5) is 0 Å². The van der Waals surface area contributed by atoms with Crippen molar-refractivity contribution in [1.29, 1.82) is 0 Å². The molecular weight excluding hydrogens is 1130 g/mol. The van der Waals surface area contributed by atoms with E-state index in [2.05, 4.69) is 19.2 Å². The normalized spacial score (nSPS) is 12.3. The summed E-state index contributed by atoms with van der Waals surface area (Å²) in [6.45, 7) is 5.03. The molecule has 0 spiro atoms. The Bertz CT molecular complexity index is 1360. The summed E-state index contributed by atoms with van der Waals surface area (Å²) in [4.78, 5) is 24.7. The molecule has 2 atom stereocenters. The second-order valence-electron chi connectivity index (χ2n) is 30.2. The van der Waals surface area contributed by atoms with Crippen LogP contribution in [0.1, 0.15) is 515 Å². The summed E-state index contributed by atoms with van der Waals surface area (Å²) < 4.78 is 5.52. The molecule has 0 radical (unpaired) electrons. The number of amides is 1. The van der Waals surface area contributed by atoms with Gasteiger partial charge in [0.25, 0.3) is 0 Å². The first-order chi connectivity index (χ1) is 45.5. The Morgan fingerprint density at radius 1 is 0.261 bits per heavy atom. The van der Waals surface area contributed by atoms with Crippen molar-refractivity contribution in [3.63, 3.8) is 0 Å². The number of aliphatic hydroxyl groups is 2. The van der Waals surface area contributed by atoms with Crippen molar-refractivity contribution in [2.75, 3.05) is 13.2 Å². The standard InChI is InChI=1S/C86H171NO5/c1-3-5-7-9-11-13-15-17-19-21-22-23-41-44-47-50-54-58-62-66-70-74-78-84(89)83(82-88)87-85(90)79-75-71-67-63-59-55-51-48-45-42-39-37-35-33-31-29-27-25-24-26-28-30-32-34-36-38-40-43-46-49-53-57-61-65-69-73-77-81-92-86(91)80-76-72-68-64-60-56-52-20-18-16-14-12-10-8-6-4-2/h83-84,88-89H,3-82H2,1-2H3,(H,87,90). The van der Waals surface area contributed by atoms with Gasteiger partial charge in [0.15, 0.2) is 0 Å². The number of aliphatic hydroxyl groups excluding tert-OH is 2. The molecule has 92 heavy (non-hydrogen) atoms. The molecule has 1 amide bonds. The van der Waals surface area contributed by atoms with Crippen molar-refractivity contribution >= 4 is 11.9 Å². The monoisotopic (exact) mass is 1300 g/mol. The molecule has 0 fully saturated rings. The number of rotatable bonds is 83. The van der Waals surface area contributed by atoms with Gasteiger partial charge in [-0.1, -0.05) is 476 Å². The van der Waals surface area contributed by atoms with Gasteiger partial charge in [0.1, 0.15) is 0 Å². The number of nitrogens with one attached hydrogen (secondary N) is 1. The van der Waals surface area contributed by atoms with Crippen molar-refractivity contribution in [2.45, 2.75) is 527 Å². The van der Waals surface area contributed by atoms with E-state index >= 15 is 0 Å². The van der Waals surface area contributed by atoms with Crippen LogP contribution < -0.4 is 5.32 Å². The van der Waals surface area contributed by atoms with E-state index in [4.69, 9.17) is 4.74 Å². The fourth-order valence-corrected chi connectivity index (χ4v) is 14.4. The van der Waals surface area contributed by atoms with Gasteiger partial charge in [0.2, 0.25) is 5.91 Å². The maximum Gasteiger partial charge on any atom is 0.305 e. The van der Waals surface area contributed by atoms with E-state index in [9.17, 15) is 19.8 Å². The molecule has 0 aromatic carbocycles. The van der Waals surface area contributed by atoms with Crippen LogP contribution >= 0.6 is 0 Å². The van der Waals surface area contributed by atoms with Gasteiger partial charge in [-0.25, -0.2) is 0 Å². The number of esters is 1. The summed E-state index contributed by atoms with van der Waals surface area (Å²) in [5, 5.41) is 23.5. The number of ether oxygens (including phenoxy) is 1. The second-order valence-corrected chi connectivity index (χ2v) is 30.2. The summed E-state index contributed by atoms with van der Waals surface area (Å²) in [5.41, 5.74) is 0. The zero-order valence-electron chi connectivity index (χ0n) is 63.3. The zero-order valence-corrected chi connectivity index (χ0v) is 63.3. The third-order valence-electron chi connectivity index (χ3n) is 20.9. The molecule has 0 aliphatic rings. The Labute approximate surface area is 578 Å². The average molecular weight is 1300 g/mol. The third-order valence-corrected chi connectivity index (χ3v) is 20.9. The number of carbonyl (C=O) groups is 2. The van der Waals surface area contributed by atoms with Crippen molar-refractivity contribution in [1.82, 2.24) is 5.32 Å². The van der Waals surface area contributed by atoms with E-state index in [-0.39, 0.29) is 18.5 Å². The fourth-order valence-electron chi connectivity index (χ4n) is 14.4. The molecular formula is C86H171NO5. The lowest BCUT2D eigenvalue weighted by molar-refractivity contribution is -0.143. The number of hydrogen-bond acceptors (Lipinski definition) is 5. The van der Waals surface area contributed by atoms with Crippen molar-refractivity contribution in [3.8, 4) is 0 Å². The Hall–Kier alpha value is -1.14. The molecule has 0 aliphatic carbocycles. The van der Waals surface area contributed by atoms with Crippen LogP contribution in [0.5, 0.6) is 0 Å². The first-order valence-corrected chi connectivity index (χ1v) is 43.3. The zero-order chi connectivity index (χ0) is 66.3. The minimum absolute atomic E-state index is 0.0226. The van der Waals surface area contributed by atoms with Crippen LogP contribution in [0, 0.1) is 0 Å². The van der Waals surface area contributed by atoms with E-state index in [1.54, 1.807) is 0 Å². The van der Waals surface area contributed by atoms with Gasteiger partial charge in [0.05, 0.1) is 25.4 Å². The summed E-state index contributed by atoms with van der Waals surface area (Å²) in [5.74, 6) is 0.00596. The van der Waals surface area contributed by atoms with E-state index < -0.39 is 12.1 Å². The first-order valence-electron chi connectivity index (χ1n) is 43.3. The van der Waals surface area contributed by atoms with Crippen LogP contribution in [-0.4, -0.2) is 47.4 Å². The second kappa shape index (κ2) is 82.3. The largest absolute Gasteiger partial charge is 0.466 e. The SMILES string of the molecule is CCCCCCCCCCCCCCCCCCCCCCCCC(O)C(CO)NC(=O)CCCCCCCCCCCCCCCCCCCCCCCCCCCCCCCCCCCCCCCOC(=O)CCCCCCCCCCCCCCCCCC. The predicted molar refractivity (Wildman–Crippen MR) is 407 cm³/mol. The highest BCUT2D eigenvalue weighted by Gasteiger charge is 2.20. The molecule has 2 unspecified atom stereocenters. The topological polar surface area (TPSA) is 95.9 Å². The lowest BCUT2D eigenvalue weighted by atomic mass is 10.0. The van der Waals surface area contributed by atoms with Crippen molar-refractivity contribution in [3.05, 3.63) is 0 Å². The van der Waals surface area contributed by atoms with E-state index in [0.717, 1.165) is 38.5 Å². The third kappa shape index (κ3) is 77.9. The molecule has 0 aromatic rings. The molecule has 0 bridgehead atoms. The highest BCUT2D eigenvalue weighted by Crippen LogP contribution is 2.21. The van der Waals surface area contributed by atoms with Gasteiger partial charge in [-0.2, -0.15) is 0 Å². The number of hydrogen-bond donors (Lipinski definition) is 3. The summed E-state index contributed by atoms with van der Waals surface area (Å²) in [6.07, 6.45) is 104. The maximum absolute atomic E-state index is 12.6. The number of carbonyl (C=O) groups excluding carboxylic acids is 2. The summed E-state index contributed by atoms with van der Waals surface area (Å²) in [7, 11) is 0. The van der Waals surface area contributed by atoms with Gasteiger partial charge >= 0.3 is 5.97 Å². The molecule has 6 nitrogen and oxygen atoms in total.